The SMILES string of the molecule is CCC(C)(C)N1CC2CC(C1)O2. The van der Waals surface area contributed by atoms with Crippen LogP contribution in [0.15, 0.2) is 0 Å². The van der Waals surface area contributed by atoms with Crippen molar-refractivity contribution >= 4 is 0 Å². The average Bonchev–Trinajstić information content (AvgIpc) is 2.04. The van der Waals surface area contributed by atoms with E-state index in [9.17, 15) is 0 Å². The maximum atomic E-state index is 5.60. The Balaban J connectivity index is 1.97. The molecule has 0 aromatic rings. The minimum absolute atomic E-state index is 0.376. The molecule has 2 atom stereocenters. The highest BCUT2D eigenvalue weighted by Crippen LogP contribution is 2.32. The van der Waals surface area contributed by atoms with Crippen molar-refractivity contribution in [2.75, 3.05) is 13.1 Å². The van der Waals surface area contributed by atoms with Crippen LogP contribution in [0.3, 0.4) is 0 Å². The Kier molecular flexibility index (Phi) is 1.92. The minimum atomic E-state index is 0.376. The number of hydrogen-bond donors (Lipinski definition) is 0. The third kappa shape index (κ3) is 1.27. The molecule has 2 unspecified atom stereocenters. The molecule has 70 valence electrons. The van der Waals surface area contributed by atoms with Crippen LogP contribution in [0.1, 0.15) is 33.6 Å². The first-order valence-electron chi connectivity index (χ1n) is 5.02. The predicted molar refractivity (Wildman–Crippen MR) is 49.2 cm³/mol. The number of rotatable bonds is 2. The number of morpholine rings is 1. The van der Waals surface area contributed by atoms with Crippen molar-refractivity contribution in [3.63, 3.8) is 0 Å². The van der Waals surface area contributed by atoms with E-state index in [0.29, 0.717) is 17.7 Å². The zero-order valence-corrected chi connectivity index (χ0v) is 8.34. The molecule has 2 nitrogen and oxygen atoms in total. The Morgan fingerprint density at radius 3 is 2.25 bits per heavy atom. The average molecular weight is 169 g/mol. The van der Waals surface area contributed by atoms with E-state index in [2.05, 4.69) is 25.7 Å². The van der Waals surface area contributed by atoms with Crippen molar-refractivity contribution in [1.29, 1.82) is 0 Å². The number of fused-ring (bicyclic) bond motifs is 2. The molecular weight excluding hydrogens is 150 g/mol. The van der Waals surface area contributed by atoms with Gasteiger partial charge in [0.15, 0.2) is 0 Å². The Bertz CT molecular complexity index is 163. The number of piperidine rings is 1. The number of nitrogens with zero attached hydrogens (tertiary/aromatic N) is 1. The molecule has 2 heteroatoms. The highest BCUT2D eigenvalue weighted by Gasteiger charge is 2.42. The predicted octanol–water partition coefficient (Wildman–Crippen LogP) is 1.65. The molecule has 0 N–H and O–H groups in total. The third-order valence-electron chi connectivity index (χ3n) is 3.48. The molecule has 3 saturated heterocycles. The van der Waals surface area contributed by atoms with Crippen molar-refractivity contribution in [2.45, 2.75) is 51.4 Å². The Hall–Kier alpha value is -0.0800. The zero-order valence-electron chi connectivity index (χ0n) is 8.34. The van der Waals surface area contributed by atoms with Gasteiger partial charge in [-0.1, -0.05) is 6.92 Å². The molecule has 3 aliphatic heterocycles. The molecule has 12 heavy (non-hydrogen) atoms. The van der Waals surface area contributed by atoms with Gasteiger partial charge in [-0.3, -0.25) is 4.90 Å². The van der Waals surface area contributed by atoms with Crippen LogP contribution in [0.25, 0.3) is 0 Å². The highest BCUT2D eigenvalue weighted by molar-refractivity contribution is 4.94. The van der Waals surface area contributed by atoms with Crippen molar-refractivity contribution < 1.29 is 4.74 Å². The molecule has 0 amide bonds. The molecule has 0 spiro atoms. The first-order valence-corrected chi connectivity index (χ1v) is 5.02. The van der Waals surface area contributed by atoms with E-state index in [-0.39, 0.29) is 0 Å². The molecule has 0 aliphatic carbocycles. The summed E-state index contributed by atoms with van der Waals surface area (Å²) in [7, 11) is 0. The normalized spacial score (nSPS) is 36.2. The molecular formula is C10H19NO. The Morgan fingerprint density at radius 2 is 1.83 bits per heavy atom. The highest BCUT2D eigenvalue weighted by atomic mass is 16.5. The lowest BCUT2D eigenvalue weighted by molar-refractivity contribution is -0.197. The van der Waals surface area contributed by atoms with Gasteiger partial charge < -0.3 is 4.74 Å². The van der Waals surface area contributed by atoms with Gasteiger partial charge in [-0.2, -0.15) is 0 Å². The third-order valence-corrected chi connectivity index (χ3v) is 3.48. The topological polar surface area (TPSA) is 12.5 Å². The number of hydrogen-bond acceptors (Lipinski definition) is 2. The van der Waals surface area contributed by atoms with Crippen molar-refractivity contribution in [3.8, 4) is 0 Å². The molecule has 3 aliphatic rings. The zero-order chi connectivity index (χ0) is 8.77. The van der Waals surface area contributed by atoms with Crippen LogP contribution in [0.5, 0.6) is 0 Å². The fraction of sp³-hybridized carbons (Fsp3) is 1.00. The second kappa shape index (κ2) is 2.71. The monoisotopic (exact) mass is 169 g/mol. The molecule has 3 heterocycles. The van der Waals surface area contributed by atoms with Gasteiger partial charge in [-0.05, 0) is 20.3 Å². The molecule has 0 aromatic carbocycles. The maximum absolute atomic E-state index is 5.60. The summed E-state index contributed by atoms with van der Waals surface area (Å²) < 4.78 is 5.60. The summed E-state index contributed by atoms with van der Waals surface area (Å²) in [6, 6.07) is 0. The summed E-state index contributed by atoms with van der Waals surface area (Å²) >= 11 is 0. The van der Waals surface area contributed by atoms with E-state index >= 15 is 0 Å². The smallest absolute Gasteiger partial charge is 0.0731 e. The van der Waals surface area contributed by atoms with Crippen LogP contribution in [0, 0.1) is 0 Å². The Labute approximate surface area is 74.9 Å². The second-order valence-electron chi connectivity index (χ2n) is 4.69. The van der Waals surface area contributed by atoms with Crippen LogP contribution in [0.2, 0.25) is 0 Å². The van der Waals surface area contributed by atoms with Crippen LogP contribution in [-0.4, -0.2) is 35.7 Å². The van der Waals surface area contributed by atoms with E-state index in [4.69, 9.17) is 4.74 Å². The minimum Gasteiger partial charge on any atom is -0.372 e. The Morgan fingerprint density at radius 1 is 1.33 bits per heavy atom. The van der Waals surface area contributed by atoms with Crippen molar-refractivity contribution in [1.82, 2.24) is 4.90 Å². The summed E-state index contributed by atoms with van der Waals surface area (Å²) in [6.07, 6.45) is 3.63. The van der Waals surface area contributed by atoms with Crippen LogP contribution < -0.4 is 0 Å². The van der Waals surface area contributed by atoms with Gasteiger partial charge in [0.05, 0.1) is 12.2 Å². The van der Waals surface area contributed by atoms with E-state index in [0.717, 1.165) is 13.1 Å². The molecule has 0 radical (unpaired) electrons. The van der Waals surface area contributed by atoms with Crippen LogP contribution in [-0.2, 0) is 4.74 Å². The quantitative estimate of drug-likeness (QED) is 0.623. The van der Waals surface area contributed by atoms with E-state index in [1.807, 2.05) is 0 Å². The summed E-state index contributed by atoms with van der Waals surface area (Å²) in [5.74, 6) is 0. The molecule has 0 saturated carbocycles. The van der Waals surface area contributed by atoms with Gasteiger partial charge in [-0.15, -0.1) is 0 Å². The van der Waals surface area contributed by atoms with Crippen molar-refractivity contribution in [2.24, 2.45) is 0 Å². The van der Waals surface area contributed by atoms with E-state index in [1.165, 1.54) is 12.8 Å². The first kappa shape index (κ1) is 8.52. The second-order valence-corrected chi connectivity index (χ2v) is 4.69. The van der Waals surface area contributed by atoms with E-state index in [1.54, 1.807) is 0 Å². The lowest BCUT2D eigenvalue weighted by Crippen LogP contribution is -2.62. The molecule has 3 rings (SSSR count). The van der Waals surface area contributed by atoms with Gasteiger partial charge in [0, 0.05) is 25.0 Å². The first-order chi connectivity index (χ1) is 5.62. The molecule has 3 fully saturated rings. The van der Waals surface area contributed by atoms with Crippen molar-refractivity contribution in [3.05, 3.63) is 0 Å². The standard InChI is InChI=1S/C10H19NO/c1-4-10(2,3)11-6-8-5-9(7-11)12-8/h8-9H,4-7H2,1-3H3. The molecule has 0 aromatic heterocycles. The van der Waals surface area contributed by atoms with E-state index < -0.39 is 0 Å². The maximum Gasteiger partial charge on any atom is 0.0731 e. The van der Waals surface area contributed by atoms with Crippen LogP contribution in [0.4, 0.5) is 0 Å². The lowest BCUT2D eigenvalue weighted by Gasteiger charge is -2.52. The summed E-state index contributed by atoms with van der Waals surface area (Å²) in [5, 5.41) is 0. The molecule has 2 bridgehead atoms. The summed E-state index contributed by atoms with van der Waals surface area (Å²) in [6.45, 7) is 9.23. The van der Waals surface area contributed by atoms with Gasteiger partial charge in [0.25, 0.3) is 0 Å². The summed E-state index contributed by atoms with van der Waals surface area (Å²) in [5.41, 5.74) is 0.376. The fourth-order valence-electron chi connectivity index (χ4n) is 2.07. The van der Waals surface area contributed by atoms with Gasteiger partial charge in [0.1, 0.15) is 0 Å². The van der Waals surface area contributed by atoms with Gasteiger partial charge >= 0.3 is 0 Å². The fourth-order valence-corrected chi connectivity index (χ4v) is 2.07. The lowest BCUT2D eigenvalue weighted by atomic mass is 9.91. The largest absolute Gasteiger partial charge is 0.372 e. The summed E-state index contributed by atoms with van der Waals surface area (Å²) in [4.78, 5) is 2.58. The van der Waals surface area contributed by atoms with Crippen LogP contribution >= 0.6 is 0 Å². The van der Waals surface area contributed by atoms with Gasteiger partial charge in [-0.25, -0.2) is 0 Å². The van der Waals surface area contributed by atoms with Gasteiger partial charge in [0.2, 0.25) is 0 Å². The number of ether oxygens (including phenoxy) is 1.